The minimum atomic E-state index is -0.792. The molecule has 0 heterocycles. The number of carbonyl (C=O) groups is 1. The van der Waals surface area contributed by atoms with Crippen LogP contribution in [0.2, 0.25) is 0 Å². The Morgan fingerprint density at radius 3 is 2.67 bits per heavy atom. The van der Waals surface area contributed by atoms with Gasteiger partial charge in [-0.05, 0) is 12.8 Å². The normalized spacial score (nSPS) is 17.1. The highest BCUT2D eigenvalue weighted by Gasteiger charge is 2.05. The number of hydrogen-bond acceptors (Lipinski definition) is 1. The van der Waals surface area contributed by atoms with Gasteiger partial charge in [-0.1, -0.05) is 18.2 Å². The molecule has 0 saturated heterocycles. The minimum absolute atomic E-state index is 0.512. The molecule has 0 radical (unpaired) electrons. The molecule has 0 aromatic carbocycles. The van der Waals surface area contributed by atoms with Gasteiger partial charge in [-0.2, -0.15) is 0 Å². The zero-order valence-corrected chi connectivity index (χ0v) is 5.00. The topological polar surface area (TPSA) is 37.3 Å². The van der Waals surface area contributed by atoms with Crippen molar-refractivity contribution < 1.29 is 9.90 Å². The van der Waals surface area contributed by atoms with E-state index in [2.05, 4.69) is 0 Å². The molecule has 0 amide bonds. The Balaban J connectivity index is 2.61. The van der Waals surface area contributed by atoms with E-state index < -0.39 is 5.97 Å². The standard InChI is InChI=1S/C7H8O2/c8-7(9)6-4-2-1-3-5-6/h1-2,5H,3-4H2,(H,8,9). The second-order valence-corrected chi connectivity index (χ2v) is 1.95. The summed E-state index contributed by atoms with van der Waals surface area (Å²) in [5.41, 5.74) is 0.512. The van der Waals surface area contributed by atoms with Crippen molar-refractivity contribution in [1.29, 1.82) is 0 Å². The van der Waals surface area contributed by atoms with Crippen molar-refractivity contribution in [3.8, 4) is 0 Å². The van der Waals surface area contributed by atoms with Gasteiger partial charge in [0.25, 0.3) is 0 Å². The Morgan fingerprint density at radius 2 is 2.33 bits per heavy atom. The van der Waals surface area contributed by atoms with Crippen LogP contribution in [0, 0.1) is 0 Å². The maximum Gasteiger partial charge on any atom is 0.331 e. The van der Waals surface area contributed by atoms with Crippen LogP contribution in [0.25, 0.3) is 0 Å². The molecule has 0 atom stereocenters. The van der Waals surface area contributed by atoms with Crippen LogP contribution in [-0.4, -0.2) is 11.1 Å². The van der Waals surface area contributed by atoms with Crippen molar-refractivity contribution in [2.24, 2.45) is 0 Å². The molecule has 0 spiro atoms. The van der Waals surface area contributed by atoms with Crippen LogP contribution < -0.4 is 0 Å². The number of aliphatic carboxylic acids is 1. The van der Waals surface area contributed by atoms with Gasteiger partial charge in [0.15, 0.2) is 0 Å². The highest BCUT2D eigenvalue weighted by molar-refractivity contribution is 5.87. The molecule has 1 rings (SSSR count). The van der Waals surface area contributed by atoms with E-state index in [4.69, 9.17) is 5.11 Å². The van der Waals surface area contributed by atoms with Gasteiger partial charge in [0.2, 0.25) is 0 Å². The molecular formula is C7H8O2. The summed E-state index contributed by atoms with van der Waals surface area (Å²) in [7, 11) is 0. The first-order chi connectivity index (χ1) is 4.30. The molecule has 0 saturated carbocycles. The Morgan fingerprint density at radius 1 is 1.56 bits per heavy atom. The predicted molar refractivity (Wildman–Crippen MR) is 34.1 cm³/mol. The number of carboxylic acids is 1. The van der Waals surface area contributed by atoms with Crippen LogP contribution >= 0.6 is 0 Å². The van der Waals surface area contributed by atoms with Crippen LogP contribution in [0.1, 0.15) is 12.8 Å². The van der Waals surface area contributed by atoms with Gasteiger partial charge in [-0.3, -0.25) is 0 Å². The summed E-state index contributed by atoms with van der Waals surface area (Å²) < 4.78 is 0. The van der Waals surface area contributed by atoms with Crippen LogP contribution in [0.4, 0.5) is 0 Å². The minimum Gasteiger partial charge on any atom is -0.478 e. The molecule has 0 aromatic heterocycles. The summed E-state index contributed by atoms with van der Waals surface area (Å²) in [6.45, 7) is 0. The van der Waals surface area contributed by atoms with Gasteiger partial charge in [-0.25, -0.2) is 4.79 Å². The molecule has 0 aliphatic heterocycles. The smallest absolute Gasteiger partial charge is 0.331 e. The quantitative estimate of drug-likeness (QED) is 0.535. The van der Waals surface area contributed by atoms with E-state index in [1.807, 2.05) is 12.2 Å². The molecule has 0 bridgehead atoms. The third-order valence-corrected chi connectivity index (χ3v) is 1.28. The highest BCUT2D eigenvalue weighted by Crippen LogP contribution is 2.09. The average molecular weight is 124 g/mol. The molecule has 2 nitrogen and oxygen atoms in total. The Bertz CT molecular complexity index is 177. The maximum absolute atomic E-state index is 10.3. The van der Waals surface area contributed by atoms with Crippen molar-refractivity contribution in [2.45, 2.75) is 12.8 Å². The molecular weight excluding hydrogens is 116 g/mol. The predicted octanol–water partition coefficient (Wildman–Crippen LogP) is 1.35. The summed E-state index contributed by atoms with van der Waals surface area (Å²) in [5.74, 6) is -0.792. The van der Waals surface area contributed by atoms with Crippen molar-refractivity contribution in [3.63, 3.8) is 0 Å². The van der Waals surface area contributed by atoms with Gasteiger partial charge in [0.05, 0.1) is 0 Å². The molecule has 0 fully saturated rings. The van der Waals surface area contributed by atoms with E-state index >= 15 is 0 Å². The summed E-state index contributed by atoms with van der Waals surface area (Å²) in [6, 6.07) is 0. The lowest BCUT2D eigenvalue weighted by Gasteiger charge is -2.00. The molecule has 1 aliphatic rings. The molecule has 48 valence electrons. The highest BCUT2D eigenvalue weighted by atomic mass is 16.4. The fourth-order valence-corrected chi connectivity index (χ4v) is 0.775. The summed E-state index contributed by atoms with van der Waals surface area (Å²) in [5, 5.41) is 8.44. The lowest BCUT2D eigenvalue weighted by atomic mass is 10.1. The summed E-state index contributed by atoms with van der Waals surface area (Å²) >= 11 is 0. The van der Waals surface area contributed by atoms with Gasteiger partial charge >= 0.3 is 5.97 Å². The first-order valence-electron chi connectivity index (χ1n) is 2.88. The molecule has 9 heavy (non-hydrogen) atoms. The van der Waals surface area contributed by atoms with Crippen LogP contribution in [0.3, 0.4) is 0 Å². The fourth-order valence-electron chi connectivity index (χ4n) is 0.775. The van der Waals surface area contributed by atoms with Crippen molar-refractivity contribution in [3.05, 3.63) is 23.8 Å². The average Bonchev–Trinajstić information content (AvgIpc) is 1.90. The van der Waals surface area contributed by atoms with Crippen molar-refractivity contribution in [1.82, 2.24) is 0 Å². The van der Waals surface area contributed by atoms with Crippen LogP contribution in [0.5, 0.6) is 0 Å². The van der Waals surface area contributed by atoms with E-state index in [9.17, 15) is 4.79 Å². The van der Waals surface area contributed by atoms with E-state index in [0.29, 0.717) is 12.0 Å². The number of allylic oxidation sites excluding steroid dienone is 3. The monoisotopic (exact) mass is 124 g/mol. The SMILES string of the molecule is O=C(O)C1=CCC=CC1. The van der Waals surface area contributed by atoms with Gasteiger partial charge in [0.1, 0.15) is 0 Å². The lowest BCUT2D eigenvalue weighted by Crippen LogP contribution is -2.00. The first-order valence-corrected chi connectivity index (χ1v) is 2.88. The van der Waals surface area contributed by atoms with Crippen LogP contribution in [-0.2, 0) is 4.79 Å². The first kappa shape index (κ1) is 6.08. The maximum atomic E-state index is 10.3. The molecule has 1 aliphatic carbocycles. The fraction of sp³-hybridized carbons (Fsp3) is 0.286. The summed E-state index contributed by atoms with van der Waals surface area (Å²) in [4.78, 5) is 10.3. The third-order valence-electron chi connectivity index (χ3n) is 1.28. The van der Waals surface area contributed by atoms with Gasteiger partial charge in [0, 0.05) is 5.57 Å². The number of rotatable bonds is 1. The molecule has 0 aromatic rings. The van der Waals surface area contributed by atoms with Crippen molar-refractivity contribution >= 4 is 5.97 Å². The second kappa shape index (κ2) is 2.49. The number of carboxylic acid groups (broad SMARTS) is 1. The largest absolute Gasteiger partial charge is 0.478 e. The number of hydrogen-bond donors (Lipinski definition) is 1. The van der Waals surface area contributed by atoms with E-state index in [1.165, 1.54) is 0 Å². The molecule has 2 heteroatoms. The zero-order valence-electron chi connectivity index (χ0n) is 5.00. The Labute approximate surface area is 53.5 Å². The van der Waals surface area contributed by atoms with E-state index in [-0.39, 0.29) is 0 Å². The molecule has 0 unspecified atom stereocenters. The second-order valence-electron chi connectivity index (χ2n) is 1.95. The third kappa shape index (κ3) is 1.42. The molecule has 1 N–H and O–H groups in total. The Kier molecular flexibility index (Phi) is 1.68. The van der Waals surface area contributed by atoms with Crippen molar-refractivity contribution in [2.75, 3.05) is 0 Å². The van der Waals surface area contributed by atoms with Gasteiger partial charge in [-0.15, -0.1) is 0 Å². The summed E-state index contributed by atoms with van der Waals surface area (Å²) in [6.07, 6.45) is 6.93. The van der Waals surface area contributed by atoms with E-state index in [1.54, 1.807) is 6.08 Å². The zero-order chi connectivity index (χ0) is 6.69. The Hall–Kier alpha value is -1.05. The van der Waals surface area contributed by atoms with Gasteiger partial charge < -0.3 is 5.11 Å². The van der Waals surface area contributed by atoms with E-state index in [0.717, 1.165) is 6.42 Å². The van der Waals surface area contributed by atoms with Crippen LogP contribution in [0.15, 0.2) is 23.8 Å². The lowest BCUT2D eigenvalue weighted by molar-refractivity contribution is -0.132.